The molecule has 2 fully saturated rings. The summed E-state index contributed by atoms with van der Waals surface area (Å²) in [5, 5.41) is 0.936. The van der Waals surface area contributed by atoms with Crippen LogP contribution in [0.5, 0.6) is 0 Å². The van der Waals surface area contributed by atoms with Crippen molar-refractivity contribution in [3.8, 4) is 0 Å². The maximum absolute atomic E-state index is 12.3. The van der Waals surface area contributed by atoms with Crippen molar-refractivity contribution >= 4 is 21.8 Å². The lowest BCUT2D eigenvalue weighted by Crippen LogP contribution is -2.51. The van der Waals surface area contributed by atoms with Crippen LogP contribution in [0.3, 0.4) is 0 Å². The van der Waals surface area contributed by atoms with E-state index < -0.39 is 0 Å². The van der Waals surface area contributed by atoms with Gasteiger partial charge < -0.3 is 14.4 Å². The number of nitrogens with zero attached hydrogens (tertiary/aromatic N) is 1. The van der Waals surface area contributed by atoms with Crippen LogP contribution >= 0.6 is 15.9 Å². The average molecular weight is 306 g/mol. The number of carbonyl (C=O) groups excluding carboxylic acids is 1. The highest BCUT2D eigenvalue weighted by Crippen LogP contribution is 2.26. The molecule has 1 saturated carbocycles. The number of alkyl halides is 1. The molecule has 2 rings (SSSR count). The van der Waals surface area contributed by atoms with Crippen LogP contribution in [0.15, 0.2) is 0 Å². The fraction of sp³-hybridized carbons (Fsp3) is 0.917. The molecule has 1 heterocycles. The molecule has 0 aromatic heterocycles. The predicted octanol–water partition coefficient (Wildman–Crippen LogP) is 1.57. The Bertz CT molecular complexity index is 252. The summed E-state index contributed by atoms with van der Waals surface area (Å²) in [6.45, 7) is 2.38. The molecule has 98 valence electrons. The molecule has 0 aromatic rings. The highest BCUT2D eigenvalue weighted by Gasteiger charge is 2.33. The van der Waals surface area contributed by atoms with E-state index in [-0.39, 0.29) is 12.0 Å². The minimum absolute atomic E-state index is 0.121. The summed E-state index contributed by atoms with van der Waals surface area (Å²) in [7, 11) is 0. The third kappa shape index (κ3) is 3.42. The number of amides is 1. The van der Waals surface area contributed by atoms with Gasteiger partial charge in [-0.1, -0.05) is 15.9 Å². The highest BCUT2D eigenvalue weighted by molar-refractivity contribution is 9.09. The first-order valence-corrected chi connectivity index (χ1v) is 7.51. The van der Waals surface area contributed by atoms with E-state index >= 15 is 0 Å². The summed E-state index contributed by atoms with van der Waals surface area (Å²) < 4.78 is 10.8. The first-order valence-electron chi connectivity index (χ1n) is 6.38. The quantitative estimate of drug-likeness (QED) is 0.724. The van der Waals surface area contributed by atoms with Crippen LogP contribution in [-0.2, 0) is 14.3 Å². The largest absolute Gasteiger partial charge is 0.376 e. The van der Waals surface area contributed by atoms with Crippen LogP contribution in [0.4, 0.5) is 0 Å². The first-order chi connectivity index (χ1) is 8.33. The van der Waals surface area contributed by atoms with Gasteiger partial charge in [-0.3, -0.25) is 4.79 Å². The standard InChI is InChI=1S/C12H20BrNO3/c13-5-2-6-14(10-3-1-4-10)12(15)11-9-16-7-8-17-11/h10-11H,1-9H2. The lowest BCUT2D eigenvalue weighted by atomic mass is 9.91. The number of hydrogen-bond acceptors (Lipinski definition) is 3. The van der Waals surface area contributed by atoms with Crippen LogP contribution in [0.1, 0.15) is 25.7 Å². The van der Waals surface area contributed by atoms with E-state index in [1.54, 1.807) is 0 Å². The molecule has 1 saturated heterocycles. The molecule has 0 bridgehead atoms. The fourth-order valence-corrected chi connectivity index (χ4v) is 2.47. The van der Waals surface area contributed by atoms with Gasteiger partial charge in [0.2, 0.25) is 0 Å². The molecule has 1 aliphatic heterocycles. The Morgan fingerprint density at radius 2 is 2.18 bits per heavy atom. The minimum atomic E-state index is -0.375. The molecule has 0 radical (unpaired) electrons. The fourth-order valence-electron chi connectivity index (χ4n) is 2.22. The molecule has 0 spiro atoms. The normalized spacial score (nSPS) is 25.4. The molecule has 17 heavy (non-hydrogen) atoms. The number of ether oxygens (including phenoxy) is 2. The summed E-state index contributed by atoms with van der Waals surface area (Å²) in [6, 6.07) is 0.437. The topological polar surface area (TPSA) is 38.8 Å². The number of hydrogen-bond donors (Lipinski definition) is 0. The zero-order chi connectivity index (χ0) is 12.1. The molecule has 1 atom stereocenters. The molecule has 1 unspecified atom stereocenters. The average Bonchev–Trinajstić information content (AvgIpc) is 2.32. The predicted molar refractivity (Wildman–Crippen MR) is 68.3 cm³/mol. The van der Waals surface area contributed by atoms with Crippen LogP contribution in [-0.4, -0.2) is 54.6 Å². The second-order valence-corrected chi connectivity index (χ2v) is 5.39. The molecule has 0 aromatic carbocycles. The number of halogens is 1. The molecule has 1 amide bonds. The van der Waals surface area contributed by atoms with Gasteiger partial charge in [0, 0.05) is 17.9 Å². The summed E-state index contributed by atoms with van der Waals surface area (Å²) in [4.78, 5) is 14.3. The second kappa shape index (κ2) is 6.71. The zero-order valence-electron chi connectivity index (χ0n) is 10.1. The monoisotopic (exact) mass is 305 g/mol. The molecule has 5 heteroatoms. The Balaban J connectivity index is 1.90. The van der Waals surface area contributed by atoms with E-state index in [2.05, 4.69) is 15.9 Å². The van der Waals surface area contributed by atoms with Gasteiger partial charge in [0.25, 0.3) is 5.91 Å². The van der Waals surface area contributed by atoms with Crippen molar-refractivity contribution in [3.63, 3.8) is 0 Å². The maximum atomic E-state index is 12.3. The van der Waals surface area contributed by atoms with E-state index in [1.807, 2.05) is 4.90 Å². The summed E-state index contributed by atoms with van der Waals surface area (Å²) in [5.41, 5.74) is 0. The Labute approximate surface area is 111 Å². The molecule has 2 aliphatic rings. The molecule has 1 aliphatic carbocycles. The van der Waals surface area contributed by atoms with Crippen molar-refractivity contribution in [2.75, 3.05) is 31.7 Å². The lowest BCUT2D eigenvalue weighted by Gasteiger charge is -2.39. The third-order valence-corrected chi connectivity index (χ3v) is 3.98. The van der Waals surface area contributed by atoms with Crippen LogP contribution in [0.25, 0.3) is 0 Å². The van der Waals surface area contributed by atoms with Gasteiger partial charge >= 0.3 is 0 Å². The van der Waals surface area contributed by atoms with Crippen molar-refractivity contribution in [1.82, 2.24) is 4.90 Å². The SMILES string of the molecule is O=C(C1COCCO1)N(CCCBr)C1CCC1. The van der Waals surface area contributed by atoms with Gasteiger partial charge in [0.15, 0.2) is 6.10 Å². The molecule has 0 N–H and O–H groups in total. The van der Waals surface area contributed by atoms with Gasteiger partial charge in [-0.2, -0.15) is 0 Å². The van der Waals surface area contributed by atoms with E-state index in [9.17, 15) is 4.79 Å². The van der Waals surface area contributed by atoms with Gasteiger partial charge in [-0.05, 0) is 25.7 Å². The number of rotatable bonds is 5. The molecule has 4 nitrogen and oxygen atoms in total. The van der Waals surface area contributed by atoms with Crippen LogP contribution in [0, 0.1) is 0 Å². The smallest absolute Gasteiger partial charge is 0.254 e. The van der Waals surface area contributed by atoms with E-state index in [4.69, 9.17) is 9.47 Å². The molecular formula is C12H20BrNO3. The van der Waals surface area contributed by atoms with Crippen LogP contribution < -0.4 is 0 Å². The van der Waals surface area contributed by atoms with Crippen molar-refractivity contribution in [3.05, 3.63) is 0 Å². The maximum Gasteiger partial charge on any atom is 0.254 e. The van der Waals surface area contributed by atoms with Gasteiger partial charge in [0.05, 0.1) is 19.8 Å². The zero-order valence-corrected chi connectivity index (χ0v) is 11.7. The Kier molecular flexibility index (Phi) is 5.25. The summed E-state index contributed by atoms with van der Waals surface area (Å²) in [6.07, 6.45) is 4.14. The van der Waals surface area contributed by atoms with E-state index in [0.717, 1.165) is 31.1 Å². The summed E-state index contributed by atoms with van der Waals surface area (Å²) >= 11 is 3.42. The minimum Gasteiger partial charge on any atom is -0.376 e. The van der Waals surface area contributed by atoms with Gasteiger partial charge in [-0.15, -0.1) is 0 Å². The Hall–Kier alpha value is -0.130. The van der Waals surface area contributed by atoms with Crippen molar-refractivity contribution in [2.24, 2.45) is 0 Å². The highest BCUT2D eigenvalue weighted by atomic mass is 79.9. The number of carbonyl (C=O) groups is 1. The Morgan fingerprint density at radius 1 is 1.35 bits per heavy atom. The molecular weight excluding hydrogens is 286 g/mol. The second-order valence-electron chi connectivity index (χ2n) is 4.59. The van der Waals surface area contributed by atoms with Gasteiger partial charge in [-0.25, -0.2) is 0 Å². The van der Waals surface area contributed by atoms with Gasteiger partial charge in [0.1, 0.15) is 0 Å². The van der Waals surface area contributed by atoms with Crippen molar-refractivity contribution in [1.29, 1.82) is 0 Å². The first kappa shape index (κ1) is 13.3. The Morgan fingerprint density at radius 3 is 2.71 bits per heavy atom. The lowest BCUT2D eigenvalue weighted by molar-refractivity contribution is -0.161. The van der Waals surface area contributed by atoms with E-state index in [1.165, 1.54) is 6.42 Å². The summed E-state index contributed by atoms with van der Waals surface area (Å²) in [5.74, 6) is 0.121. The van der Waals surface area contributed by atoms with Crippen molar-refractivity contribution in [2.45, 2.75) is 37.8 Å². The third-order valence-electron chi connectivity index (χ3n) is 3.42. The van der Waals surface area contributed by atoms with Crippen LogP contribution in [0.2, 0.25) is 0 Å². The van der Waals surface area contributed by atoms with E-state index in [0.29, 0.717) is 25.9 Å². The van der Waals surface area contributed by atoms with Crippen molar-refractivity contribution < 1.29 is 14.3 Å².